The SMILES string of the molecule is CCNC(=NCc1nc(C(F)(F)F)cs1)N(C)CCc1ccc(OC)c(OC)c1. The van der Waals surface area contributed by atoms with Gasteiger partial charge in [0.25, 0.3) is 0 Å². The second kappa shape index (κ2) is 10.3. The lowest BCUT2D eigenvalue weighted by molar-refractivity contribution is -0.140. The number of ether oxygens (including phenoxy) is 2. The lowest BCUT2D eigenvalue weighted by Crippen LogP contribution is -2.39. The van der Waals surface area contributed by atoms with Crippen molar-refractivity contribution >= 4 is 17.3 Å². The Morgan fingerprint density at radius 3 is 2.55 bits per heavy atom. The quantitative estimate of drug-likeness (QED) is 0.510. The number of methoxy groups -OCH3 is 2. The van der Waals surface area contributed by atoms with E-state index in [0.717, 1.165) is 28.7 Å². The Kier molecular flexibility index (Phi) is 8.12. The number of hydrogen-bond acceptors (Lipinski definition) is 5. The van der Waals surface area contributed by atoms with E-state index in [1.54, 1.807) is 14.2 Å². The Balaban J connectivity index is 2.02. The number of likely N-dealkylation sites (N-methyl/N-ethyl adjacent to an activating group) is 1. The molecule has 0 fully saturated rings. The van der Waals surface area contributed by atoms with Crippen LogP contribution >= 0.6 is 11.3 Å². The van der Waals surface area contributed by atoms with Crippen molar-refractivity contribution in [2.45, 2.75) is 26.1 Å². The molecule has 0 aliphatic rings. The topological polar surface area (TPSA) is 59.0 Å². The Hall–Kier alpha value is -2.49. The van der Waals surface area contributed by atoms with Crippen molar-refractivity contribution in [3.63, 3.8) is 0 Å². The van der Waals surface area contributed by atoms with E-state index in [1.165, 1.54) is 0 Å². The number of thiazole rings is 1. The zero-order valence-corrected chi connectivity index (χ0v) is 17.7. The Bertz CT molecular complexity index is 824. The normalized spacial score (nSPS) is 12.0. The van der Waals surface area contributed by atoms with Crippen LogP contribution in [0, 0.1) is 0 Å². The highest BCUT2D eigenvalue weighted by molar-refractivity contribution is 7.09. The third-order valence-electron chi connectivity index (χ3n) is 4.09. The van der Waals surface area contributed by atoms with Gasteiger partial charge >= 0.3 is 6.18 Å². The molecule has 10 heteroatoms. The number of rotatable bonds is 8. The molecular formula is C19H25F3N4O2S. The van der Waals surface area contributed by atoms with E-state index in [-0.39, 0.29) is 6.54 Å². The van der Waals surface area contributed by atoms with Crippen molar-refractivity contribution in [2.24, 2.45) is 4.99 Å². The van der Waals surface area contributed by atoms with Crippen LogP contribution in [0.5, 0.6) is 11.5 Å². The fourth-order valence-electron chi connectivity index (χ4n) is 2.56. The van der Waals surface area contributed by atoms with E-state index in [4.69, 9.17) is 9.47 Å². The van der Waals surface area contributed by atoms with Gasteiger partial charge in [0.1, 0.15) is 5.01 Å². The van der Waals surface area contributed by atoms with Gasteiger partial charge in [-0.15, -0.1) is 11.3 Å². The van der Waals surface area contributed by atoms with E-state index >= 15 is 0 Å². The van der Waals surface area contributed by atoms with Crippen molar-refractivity contribution in [3.8, 4) is 11.5 Å². The van der Waals surface area contributed by atoms with Crippen LogP contribution in [0.25, 0.3) is 0 Å². The van der Waals surface area contributed by atoms with Crippen LogP contribution < -0.4 is 14.8 Å². The number of hydrogen-bond donors (Lipinski definition) is 1. The molecule has 1 aromatic heterocycles. The van der Waals surface area contributed by atoms with Crippen molar-refractivity contribution in [1.82, 2.24) is 15.2 Å². The van der Waals surface area contributed by atoms with Crippen LogP contribution in [0.3, 0.4) is 0 Å². The monoisotopic (exact) mass is 430 g/mol. The maximum atomic E-state index is 12.7. The molecule has 29 heavy (non-hydrogen) atoms. The number of nitrogens with zero attached hydrogens (tertiary/aromatic N) is 3. The summed E-state index contributed by atoms with van der Waals surface area (Å²) in [6.45, 7) is 3.32. The maximum absolute atomic E-state index is 12.7. The van der Waals surface area contributed by atoms with Gasteiger partial charge in [-0.2, -0.15) is 13.2 Å². The number of halogens is 3. The smallest absolute Gasteiger partial charge is 0.434 e. The molecule has 0 atom stereocenters. The minimum atomic E-state index is -4.43. The standard InChI is InChI=1S/C19H25F3N4O2S/c1-5-23-18(24-11-17-25-16(12-29-17)19(20,21)22)26(2)9-8-13-6-7-14(27-3)15(10-13)28-4/h6-7,10,12H,5,8-9,11H2,1-4H3,(H,23,24). The molecule has 0 aliphatic heterocycles. The van der Waals surface area contributed by atoms with Crippen molar-refractivity contribution < 1.29 is 22.6 Å². The summed E-state index contributed by atoms with van der Waals surface area (Å²) in [4.78, 5) is 9.97. The second-order valence-electron chi connectivity index (χ2n) is 6.16. The van der Waals surface area contributed by atoms with E-state index in [1.807, 2.05) is 37.1 Å². The molecular weight excluding hydrogens is 405 g/mol. The number of alkyl halides is 3. The summed E-state index contributed by atoms with van der Waals surface area (Å²) in [7, 11) is 5.06. The van der Waals surface area contributed by atoms with Crippen LogP contribution in [0.2, 0.25) is 0 Å². The molecule has 2 aromatic rings. The molecule has 0 bridgehead atoms. The van der Waals surface area contributed by atoms with E-state index in [0.29, 0.717) is 35.6 Å². The first kappa shape index (κ1) is 22.8. The van der Waals surface area contributed by atoms with Crippen molar-refractivity contribution in [2.75, 3.05) is 34.4 Å². The number of aromatic nitrogens is 1. The van der Waals surface area contributed by atoms with Gasteiger partial charge in [0.15, 0.2) is 23.2 Å². The average Bonchev–Trinajstić information content (AvgIpc) is 3.18. The third kappa shape index (κ3) is 6.52. The molecule has 0 radical (unpaired) electrons. The zero-order chi connectivity index (χ0) is 21.4. The highest BCUT2D eigenvalue weighted by Crippen LogP contribution is 2.30. The van der Waals surface area contributed by atoms with Gasteiger partial charge in [0.2, 0.25) is 0 Å². The van der Waals surface area contributed by atoms with E-state index in [2.05, 4.69) is 15.3 Å². The van der Waals surface area contributed by atoms with Gasteiger partial charge in [-0.05, 0) is 31.0 Å². The van der Waals surface area contributed by atoms with Crippen LogP contribution in [0.4, 0.5) is 13.2 Å². The summed E-state index contributed by atoms with van der Waals surface area (Å²) in [6.07, 6.45) is -3.70. The molecule has 6 nitrogen and oxygen atoms in total. The molecule has 0 spiro atoms. The molecule has 0 aliphatic carbocycles. The fraction of sp³-hybridized carbons (Fsp3) is 0.474. The minimum absolute atomic E-state index is 0.0871. The van der Waals surface area contributed by atoms with Gasteiger partial charge in [-0.3, -0.25) is 0 Å². The highest BCUT2D eigenvalue weighted by atomic mass is 32.1. The Labute approximate surface area is 172 Å². The van der Waals surface area contributed by atoms with Crippen LogP contribution in [-0.2, 0) is 19.1 Å². The van der Waals surface area contributed by atoms with Gasteiger partial charge < -0.3 is 19.7 Å². The third-order valence-corrected chi connectivity index (χ3v) is 4.92. The summed E-state index contributed by atoms with van der Waals surface area (Å²) >= 11 is 0.956. The van der Waals surface area contributed by atoms with Gasteiger partial charge in [0.05, 0.1) is 20.8 Å². The maximum Gasteiger partial charge on any atom is 0.434 e. The molecule has 0 unspecified atom stereocenters. The Morgan fingerprint density at radius 1 is 1.24 bits per heavy atom. The highest BCUT2D eigenvalue weighted by Gasteiger charge is 2.33. The average molecular weight is 430 g/mol. The largest absolute Gasteiger partial charge is 0.493 e. The van der Waals surface area contributed by atoms with Crippen LogP contribution in [0.15, 0.2) is 28.6 Å². The predicted molar refractivity (Wildman–Crippen MR) is 108 cm³/mol. The second-order valence-corrected chi connectivity index (χ2v) is 7.10. The molecule has 1 heterocycles. The van der Waals surface area contributed by atoms with Gasteiger partial charge in [0, 0.05) is 25.5 Å². The molecule has 2 rings (SSSR count). The van der Waals surface area contributed by atoms with Gasteiger partial charge in [-0.1, -0.05) is 6.07 Å². The first-order valence-corrected chi connectivity index (χ1v) is 9.88. The van der Waals surface area contributed by atoms with Gasteiger partial charge in [-0.25, -0.2) is 9.98 Å². The van der Waals surface area contributed by atoms with Crippen molar-refractivity contribution in [3.05, 3.63) is 39.8 Å². The molecule has 1 aromatic carbocycles. The number of aliphatic imine (C=N–C) groups is 1. The first-order chi connectivity index (χ1) is 13.8. The molecule has 0 saturated heterocycles. The summed E-state index contributed by atoms with van der Waals surface area (Å²) in [5.41, 5.74) is 0.194. The number of guanidine groups is 1. The Morgan fingerprint density at radius 2 is 1.97 bits per heavy atom. The fourth-order valence-corrected chi connectivity index (χ4v) is 3.29. The van der Waals surface area contributed by atoms with Crippen molar-refractivity contribution in [1.29, 1.82) is 0 Å². The number of benzene rings is 1. The summed E-state index contributed by atoms with van der Waals surface area (Å²) in [6, 6.07) is 5.74. The minimum Gasteiger partial charge on any atom is -0.493 e. The predicted octanol–water partition coefficient (Wildman–Crippen LogP) is 3.82. The summed E-state index contributed by atoms with van der Waals surface area (Å²) in [5, 5.41) is 4.49. The molecule has 1 N–H and O–H groups in total. The zero-order valence-electron chi connectivity index (χ0n) is 16.8. The summed E-state index contributed by atoms with van der Waals surface area (Å²) in [5.74, 6) is 1.94. The number of nitrogens with one attached hydrogen (secondary N) is 1. The molecule has 0 amide bonds. The molecule has 160 valence electrons. The van der Waals surface area contributed by atoms with E-state index in [9.17, 15) is 13.2 Å². The summed E-state index contributed by atoms with van der Waals surface area (Å²) < 4.78 is 48.6. The first-order valence-electron chi connectivity index (χ1n) is 9.00. The lowest BCUT2D eigenvalue weighted by Gasteiger charge is -2.22. The molecule has 0 saturated carbocycles. The van der Waals surface area contributed by atoms with Crippen LogP contribution in [0.1, 0.15) is 23.2 Å². The van der Waals surface area contributed by atoms with Crippen LogP contribution in [-0.4, -0.2) is 50.2 Å². The lowest BCUT2D eigenvalue weighted by atomic mass is 10.1. The van der Waals surface area contributed by atoms with E-state index < -0.39 is 11.9 Å².